The first-order valence-electron chi connectivity index (χ1n) is 6.94. The number of hydrogen-bond acceptors (Lipinski definition) is 4. The summed E-state index contributed by atoms with van der Waals surface area (Å²) in [5, 5.41) is 10.7. The third kappa shape index (κ3) is 6.41. The molecule has 0 aromatic carbocycles. The van der Waals surface area contributed by atoms with Gasteiger partial charge in [-0.05, 0) is 26.7 Å². The van der Waals surface area contributed by atoms with Crippen molar-refractivity contribution in [1.82, 2.24) is 4.90 Å². The van der Waals surface area contributed by atoms with Crippen molar-refractivity contribution in [3.8, 4) is 0 Å². The summed E-state index contributed by atoms with van der Waals surface area (Å²) in [6, 6.07) is 0. The lowest BCUT2D eigenvalue weighted by atomic mass is 10.1. The Balaban J connectivity index is 2.29. The molecule has 3 nitrogen and oxygen atoms in total. The van der Waals surface area contributed by atoms with Gasteiger partial charge in [0.05, 0.1) is 18.3 Å². The van der Waals surface area contributed by atoms with Crippen LogP contribution in [0.1, 0.15) is 34.6 Å². The molecule has 0 amide bonds. The number of thioether (sulfide) groups is 1. The van der Waals surface area contributed by atoms with E-state index >= 15 is 0 Å². The number of ether oxygens (including phenoxy) is 1. The van der Waals surface area contributed by atoms with E-state index in [9.17, 15) is 5.11 Å². The van der Waals surface area contributed by atoms with Gasteiger partial charge in [-0.3, -0.25) is 4.90 Å². The van der Waals surface area contributed by atoms with Crippen molar-refractivity contribution in [3.05, 3.63) is 0 Å². The number of nitrogens with zero attached hydrogens (tertiary/aromatic N) is 1. The van der Waals surface area contributed by atoms with Crippen LogP contribution < -0.4 is 0 Å². The fraction of sp³-hybridized carbons (Fsp3) is 1.00. The molecule has 4 heteroatoms. The smallest absolute Gasteiger partial charge is 0.0900 e. The van der Waals surface area contributed by atoms with Gasteiger partial charge in [-0.2, -0.15) is 11.8 Å². The van der Waals surface area contributed by atoms with Gasteiger partial charge in [-0.1, -0.05) is 13.8 Å². The quantitative estimate of drug-likeness (QED) is 0.834. The predicted octanol–water partition coefficient (Wildman–Crippen LogP) is 2.24. The third-order valence-corrected chi connectivity index (χ3v) is 4.64. The zero-order valence-corrected chi connectivity index (χ0v) is 13.3. The molecule has 0 aromatic heterocycles. The molecule has 0 saturated carbocycles. The molecule has 0 bridgehead atoms. The van der Waals surface area contributed by atoms with Crippen LogP contribution in [0.25, 0.3) is 0 Å². The Morgan fingerprint density at radius 3 is 2.61 bits per heavy atom. The number of β-amino-alcohol motifs (C(OH)–C–C–N with tert-alkyl or cyclic N) is 1. The Hall–Kier alpha value is 0.230. The lowest BCUT2D eigenvalue weighted by Crippen LogP contribution is -2.45. The number of rotatable bonds is 5. The molecule has 1 fully saturated rings. The highest BCUT2D eigenvalue weighted by molar-refractivity contribution is 8.00. The molecule has 1 rings (SSSR count). The minimum Gasteiger partial charge on any atom is -0.389 e. The topological polar surface area (TPSA) is 32.7 Å². The largest absolute Gasteiger partial charge is 0.389 e. The van der Waals surface area contributed by atoms with E-state index in [0.717, 1.165) is 19.6 Å². The number of aliphatic hydroxyl groups is 1. The first-order chi connectivity index (χ1) is 8.28. The van der Waals surface area contributed by atoms with Crippen molar-refractivity contribution < 1.29 is 9.84 Å². The van der Waals surface area contributed by atoms with Gasteiger partial charge >= 0.3 is 0 Å². The van der Waals surface area contributed by atoms with Crippen molar-refractivity contribution >= 4 is 11.8 Å². The minimum absolute atomic E-state index is 0.167. The van der Waals surface area contributed by atoms with Crippen molar-refractivity contribution in [2.24, 2.45) is 5.92 Å². The minimum atomic E-state index is -0.375. The average Bonchev–Trinajstić information content (AvgIpc) is 2.26. The summed E-state index contributed by atoms with van der Waals surface area (Å²) in [6.07, 6.45) is -0.375. The second kappa shape index (κ2) is 7.13. The Morgan fingerprint density at radius 2 is 2.06 bits per heavy atom. The standard InChI is InChI=1S/C14H29NO2S/c1-11(2)13-9-15(6-7-18-13)8-12(16)10-17-14(3,4)5/h11-13,16H,6-10H2,1-5H3. The molecule has 108 valence electrons. The summed E-state index contributed by atoms with van der Waals surface area (Å²) in [5.41, 5.74) is -0.167. The molecule has 0 aromatic rings. The van der Waals surface area contributed by atoms with Crippen LogP contribution in [-0.2, 0) is 4.74 Å². The van der Waals surface area contributed by atoms with Crippen LogP contribution in [0.5, 0.6) is 0 Å². The molecule has 0 radical (unpaired) electrons. The van der Waals surface area contributed by atoms with E-state index in [1.165, 1.54) is 5.75 Å². The molecular weight excluding hydrogens is 246 g/mol. The second-order valence-electron chi connectivity index (χ2n) is 6.49. The van der Waals surface area contributed by atoms with Crippen LogP contribution in [0.15, 0.2) is 0 Å². The van der Waals surface area contributed by atoms with Gasteiger partial charge in [0, 0.05) is 30.6 Å². The van der Waals surface area contributed by atoms with E-state index in [2.05, 4.69) is 30.5 Å². The Morgan fingerprint density at radius 1 is 1.39 bits per heavy atom. The van der Waals surface area contributed by atoms with Gasteiger partial charge in [0.15, 0.2) is 0 Å². The maximum Gasteiger partial charge on any atom is 0.0900 e. The number of aliphatic hydroxyl groups excluding tert-OH is 1. The molecule has 1 aliphatic heterocycles. The van der Waals surface area contributed by atoms with Crippen molar-refractivity contribution in [3.63, 3.8) is 0 Å². The van der Waals surface area contributed by atoms with Crippen LogP contribution in [0.4, 0.5) is 0 Å². The Bertz CT molecular complexity index is 240. The van der Waals surface area contributed by atoms with Crippen LogP contribution in [0.3, 0.4) is 0 Å². The van der Waals surface area contributed by atoms with E-state index in [4.69, 9.17) is 4.74 Å². The van der Waals surface area contributed by atoms with Gasteiger partial charge in [0.1, 0.15) is 0 Å². The fourth-order valence-electron chi connectivity index (χ4n) is 2.00. The van der Waals surface area contributed by atoms with Crippen molar-refractivity contribution in [1.29, 1.82) is 0 Å². The highest BCUT2D eigenvalue weighted by Crippen LogP contribution is 2.24. The normalized spacial score (nSPS) is 24.5. The first kappa shape index (κ1) is 16.3. The molecule has 1 saturated heterocycles. The van der Waals surface area contributed by atoms with Gasteiger partial charge in [0.25, 0.3) is 0 Å². The number of hydrogen-bond donors (Lipinski definition) is 1. The lowest BCUT2D eigenvalue weighted by molar-refractivity contribution is -0.0560. The zero-order chi connectivity index (χ0) is 13.8. The van der Waals surface area contributed by atoms with E-state index in [0.29, 0.717) is 17.8 Å². The average molecular weight is 275 g/mol. The molecule has 18 heavy (non-hydrogen) atoms. The van der Waals surface area contributed by atoms with Gasteiger partial charge in [-0.25, -0.2) is 0 Å². The van der Waals surface area contributed by atoms with Crippen LogP contribution in [0, 0.1) is 5.92 Å². The van der Waals surface area contributed by atoms with Gasteiger partial charge < -0.3 is 9.84 Å². The van der Waals surface area contributed by atoms with E-state index < -0.39 is 0 Å². The first-order valence-corrected chi connectivity index (χ1v) is 7.99. The third-order valence-electron chi connectivity index (χ3n) is 3.10. The summed E-state index contributed by atoms with van der Waals surface area (Å²) in [6.45, 7) is 14.0. The molecular formula is C14H29NO2S. The lowest BCUT2D eigenvalue weighted by Gasteiger charge is -2.35. The molecule has 2 atom stereocenters. The molecule has 0 aliphatic carbocycles. The predicted molar refractivity (Wildman–Crippen MR) is 79.2 cm³/mol. The molecule has 1 aliphatic rings. The monoisotopic (exact) mass is 275 g/mol. The summed E-state index contributed by atoms with van der Waals surface area (Å²) < 4.78 is 5.63. The Labute approximate surface area is 116 Å². The highest BCUT2D eigenvalue weighted by Gasteiger charge is 2.24. The van der Waals surface area contributed by atoms with Gasteiger partial charge in [0.2, 0.25) is 0 Å². The second-order valence-corrected chi connectivity index (χ2v) is 7.84. The summed E-state index contributed by atoms with van der Waals surface area (Å²) in [7, 11) is 0. The van der Waals surface area contributed by atoms with E-state index in [1.54, 1.807) is 0 Å². The van der Waals surface area contributed by atoms with Gasteiger partial charge in [-0.15, -0.1) is 0 Å². The zero-order valence-electron chi connectivity index (χ0n) is 12.5. The highest BCUT2D eigenvalue weighted by atomic mass is 32.2. The molecule has 1 heterocycles. The van der Waals surface area contributed by atoms with Crippen molar-refractivity contribution in [2.45, 2.75) is 51.6 Å². The summed E-state index contributed by atoms with van der Waals surface area (Å²) in [5.74, 6) is 1.89. The van der Waals surface area contributed by atoms with Crippen molar-refractivity contribution in [2.75, 3.05) is 32.0 Å². The SMILES string of the molecule is CC(C)C1CN(CC(O)COC(C)(C)C)CCS1. The molecule has 2 unspecified atom stereocenters. The maximum absolute atomic E-state index is 10.0. The fourth-order valence-corrected chi connectivity index (χ4v) is 3.37. The summed E-state index contributed by atoms with van der Waals surface area (Å²) in [4.78, 5) is 2.37. The van der Waals surface area contributed by atoms with Crippen LogP contribution >= 0.6 is 11.8 Å². The van der Waals surface area contributed by atoms with Crippen LogP contribution in [0.2, 0.25) is 0 Å². The van der Waals surface area contributed by atoms with E-state index in [1.807, 2.05) is 20.8 Å². The summed E-state index contributed by atoms with van der Waals surface area (Å²) >= 11 is 2.07. The van der Waals surface area contributed by atoms with E-state index in [-0.39, 0.29) is 11.7 Å². The molecule has 0 spiro atoms. The Kier molecular flexibility index (Phi) is 6.45. The maximum atomic E-state index is 10.0. The van der Waals surface area contributed by atoms with Crippen LogP contribution in [-0.4, -0.2) is 59.0 Å². The molecule has 1 N–H and O–H groups in total.